The van der Waals surface area contributed by atoms with Crippen LogP contribution in [0.15, 0.2) is 12.7 Å². The van der Waals surface area contributed by atoms with E-state index in [1.54, 1.807) is 0 Å². The maximum atomic E-state index is 12.6. The van der Waals surface area contributed by atoms with E-state index in [9.17, 15) is 9.59 Å². The lowest BCUT2D eigenvalue weighted by molar-refractivity contribution is -0.160. The Kier molecular flexibility index (Phi) is 1.00. The van der Waals surface area contributed by atoms with Crippen LogP contribution in [-0.2, 0) is 9.59 Å². The molecule has 0 aromatic heterocycles. The largest absolute Gasteiger partial charge is 0.299 e. The molecule has 0 amide bonds. The van der Waals surface area contributed by atoms with Crippen molar-refractivity contribution in [2.24, 2.45) is 46.8 Å². The molecular formula is C14H14O2. The Bertz CT molecular complexity index is 477. The molecule has 5 aliphatic rings. The molecule has 0 saturated heterocycles. The van der Waals surface area contributed by atoms with Crippen LogP contribution in [0.5, 0.6) is 0 Å². The molecule has 0 heterocycles. The van der Waals surface area contributed by atoms with Crippen LogP contribution in [0.3, 0.4) is 0 Å². The van der Waals surface area contributed by atoms with Gasteiger partial charge in [0.05, 0.1) is 0 Å². The monoisotopic (exact) mass is 214 g/mol. The van der Waals surface area contributed by atoms with Crippen molar-refractivity contribution in [1.29, 1.82) is 0 Å². The van der Waals surface area contributed by atoms with Gasteiger partial charge in [0.2, 0.25) is 0 Å². The lowest BCUT2D eigenvalue weighted by Crippen LogP contribution is -2.58. The average molecular weight is 214 g/mol. The number of rotatable bonds is 2. The molecule has 5 fully saturated rings. The van der Waals surface area contributed by atoms with Crippen LogP contribution in [-0.4, -0.2) is 11.6 Å². The van der Waals surface area contributed by atoms with E-state index in [1.807, 2.05) is 6.08 Å². The van der Waals surface area contributed by atoms with Gasteiger partial charge in [0.25, 0.3) is 0 Å². The minimum absolute atomic E-state index is 0.113. The molecule has 0 aromatic rings. The van der Waals surface area contributed by atoms with E-state index in [4.69, 9.17) is 0 Å². The lowest BCUT2D eigenvalue weighted by Gasteiger charge is -2.53. The number of carbonyl (C=O) groups is 2. The van der Waals surface area contributed by atoms with Crippen LogP contribution in [0.2, 0.25) is 0 Å². The molecule has 5 aliphatic carbocycles. The summed E-state index contributed by atoms with van der Waals surface area (Å²) in [5, 5.41) is 0. The van der Waals surface area contributed by atoms with Crippen LogP contribution in [0.25, 0.3) is 0 Å². The summed E-state index contributed by atoms with van der Waals surface area (Å²) < 4.78 is 0. The van der Waals surface area contributed by atoms with Crippen molar-refractivity contribution in [3.8, 4) is 0 Å². The van der Waals surface area contributed by atoms with Crippen LogP contribution >= 0.6 is 0 Å². The van der Waals surface area contributed by atoms with Crippen molar-refractivity contribution in [2.75, 3.05) is 0 Å². The summed E-state index contributed by atoms with van der Waals surface area (Å²) >= 11 is 0. The third-order valence-electron chi connectivity index (χ3n) is 6.64. The zero-order valence-corrected chi connectivity index (χ0v) is 9.06. The minimum atomic E-state index is -0.249. The van der Waals surface area contributed by atoms with Crippen LogP contribution in [0.4, 0.5) is 0 Å². The van der Waals surface area contributed by atoms with E-state index in [1.165, 1.54) is 6.42 Å². The lowest BCUT2D eigenvalue weighted by atomic mass is 9.47. The van der Waals surface area contributed by atoms with Gasteiger partial charge in [0.1, 0.15) is 11.6 Å². The maximum absolute atomic E-state index is 12.6. The van der Waals surface area contributed by atoms with Crippen LogP contribution < -0.4 is 0 Å². The first-order valence-electron chi connectivity index (χ1n) is 6.42. The Morgan fingerprint density at radius 2 is 2.12 bits per heavy atom. The fraction of sp³-hybridized carbons (Fsp3) is 0.714. The predicted molar refractivity (Wildman–Crippen MR) is 56.3 cm³/mol. The number of hydrogen-bond donors (Lipinski definition) is 0. The fourth-order valence-corrected chi connectivity index (χ4v) is 6.70. The standard InChI is InChI=1S/C14H14O2/c1-2-3-14-10-6-4-5-7(8(6)13(14)16)12(15)11(14)9(5)10/h2,5-11H,1,3-4H2/t5?,6?,7-,8+,9?,10?,11?,14+/m0/s1. The maximum Gasteiger partial charge on any atom is 0.144 e. The summed E-state index contributed by atoms with van der Waals surface area (Å²) in [6.45, 7) is 3.79. The number of allylic oxidation sites excluding steroid dienone is 1. The van der Waals surface area contributed by atoms with Crippen molar-refractivity contribution >= 4 is 11.6 Å². The zero-order valence-electron chi connectivity index (χ0n) is 9.06. The molecule has 0 aliphatic heterocycles. The Balaban J connectivity index is 1.81. The van der Waals surface area contributed by atoms with E-state index >= 15 is 0 Å². The molecule has 82 valence electrons. The quantitative estimate of drug-likeness (QED) is 0.652. The molecule has 5 saturated carbocycles. The Morgan fingerprint density at radius 3 is 2.88 bits per heavy atom. The van der Waals surface area contributed by atoms with Gasteiger partial charge in [-0.25, -0.2) is 0 Å². The Morgan fingerprint density at radius 1 is 1.31 bits per heavy atom. The Hall–Kier alpha value is -0.920. The van der Waals surface area contributed by atoms with Crippen molar-refractivity contribution in [1.82, 2.24) is 0 Å². The summed E-state index contributed by atoms with van der Waals surface area (Å²) in [7, 11) is 0. The van der Waals surface area contributed by atoms with Gasteiger partial charge in [0, 0.05) is 23.2 Å². The third kappa shape index (κ3) is 0.451. The molecule has 0 aromatic carbocycles. The number of carbonyl (C=O) groups excluding carboxylic acids is 2. The molecule has 5 unspecified atom stereocenters. The van der Waals surface area contributed by atoms with Crippen LogP contribution in [0.1, 0.15) is 12.8 Å². The number of hydrogen-bond acceptors (Lipinski definition) is 2. The molecule has 8 atom stereocenters. The molecule has 5 rings (SSSR count). The summed E-state index contributed by atoms with van der Waals surface area (Å²) in [6.07, 6.45) is 3.81. The van der Waals surface area contributed by atoms with Crippen LogP contribution in [0, 0.1) is 46.8 Å². The van der Waals surface area contributed by atoms with Crippen molar-refractivity contribution in [2.45, 2.75) is 12.8 Å². The second-order valence-corrected chi connectivity index (χ2v) is 6.50. The molecular weight excluding hydrogens is 200 g/mol. The Labute approximate surface area is 94.1 Å². The smallest absolute Gasteiger partial charge is 0.144 e. The number of fused-ring (bicyclic) bond motifs is 2. The number of Topliss-reactive ketones (excluding diaryl/α,β-unsaturated/α-hetero) is 2. The molecule has 2 bridgehead atoms. The zero-order chi connectivity index (χ0) is 10.8. The normalized spacial score (nSPS) is 66.9. The second-order valence-electron chi connectivity index (χ2n) is 6.50. The summed E-state index contributed by atoms with van der Waals surface area (Å²) in [4.78, 5) is 24.9. The minimum Gasteiger partial charge on any atom is -0.299 e. The summed E-state index contributed by atoms with van der Waals surface area (Å²) in [5.41, 5.74) is -0.249. The predicted octanol–water partition coefficient (Wildman–Crippen LogP) is 1.46. The van der Waals surface area contributed by atoms with Gasteiger partial charge in [-0.2, -0.15) is 0 Å². The van der Waals surface area contributed by atoms with Gasteiger partial charge >= 0.3 is 0 Å². The molecule has 2 nitrogen and oxygen atoms in total. The highest BCUT2D eigenvalue weighted by Gasteiger charge is 2.89. The highest BCUT2D eigenvalue weighted by molar-refractivity contribution is 6.09. The SMILES string of the molecule is C=CC[C@]12C(=O)[C@@H]3C4CC5C(C1C(=O)[C@@H]53)C42. The van der Waals surface area contributed by atoms with E-state index < -0.39 is 0 Å². The van der Waals surface area contributed by atoms with E-state index in [-0.39, 0.29) is 23.2 Å². The van der Waals surface area contributed by atoms with Gasteiger partial charge in [0.15, 0.2) is 0 Å². The summed E-state index contributed by atoms with van der Waals surface area (Å²) in [5.74, 6) is 3.66. The molecule has 0 N–H and O–H groups in total. The van der Waals surface area contributed by atoms with Gasteiger partial charge in [-0.3, -0.25) is 9.59 Å². The first kappa shape index (κ1) is 8.21. The third-order valence-corrected chi connectivity index (χ3v) is 6.64. The average Bonchev–Trinajstić information content (AvgIpc) is 2.77. The van der Waals surface area contributed by atoms with E-state index in [0.29, 0.717) is 35.2 Å². The molecule has 16 heavy (non-hydrogen) atoms. The van der Waals surface area contributed by atoms with E-state index in [2.05, 4.69) is 6.58 Å². The van der Waals surface area contributed by atoms with Crippen molar-refractivity contribution in [3.63, 3.8) is 0 Å². The molecule has 2 heteroatoms. The van der Waals surface area contributed by atoms with Gasteiger partial charge in [-0.05, 0) is 36.5 Å². The highest BCUT2D eigenvalue weighted by Crippen LogP contribution is 2.85. The topological polar surface area (TPSA) is 34.1 Å². The fourth-order valence-electron chi connectivity index (χ4n) is 6.70. The first-order valence-corrected chi connectivity index (χ1v) is 6.42. The van der Waals surface area contributed by atoms with E-state index in [0.717, 1.165) is 6.42 Å². The second kappa shape index (κ2) is 1.96. The summed E-state index contributed by atoms with van der Waals surface area (Å²) in [6, 6.07) is 0. The van der Waals surface area contributed by atoms with Crippen molar-refractivity contribution < 1.29 is 9.59 Å². The highest BCUT2D eigenvalue weighted by atomic mass is 16.1. The van der Waals surface area contributed by atoms with Gasteiger partial charge in [-0.1, -0.05) is 6.08 Å². The number of ketones is 2. The van der Waals surface area contributed by atoms with Crippen molar-refractivity contribution in [3.05, 3.63) is 12.7 Å². The first-order chi connectivity index (χ1) is 7.73. The molecule has 0 spiro atoms. The van der Waals surface area contributed by atoms with Gasteiger partial charge in [-0.15, -0.1) is 6.58 Å². The molecule has 0 radical (unpaired) electrons. The van der Waals surface area contributed by atoms with Gasteiger partial charge < -0.3 is 0 Å².